The van der Waals surface area contributed by atoms with Crippen LogP contribution in [0.2, 0.25) is 0 Å². The zero-order valence-electron chi connectivity index (χ0n) is 16.5. The van der Waals surface area contributed by atoms with Crippen LogP contribution in [0.15, 0.2) is 5.38 Å². The molecular weight excluding hydrogens is 390 g/mol. The number of hydrogen-bond acceptors (Lipinski definition) is 6. The van der Waals surface area contributed by atoms with E-state index in [2.05, 4.69) is 10.3 Å². The molecule has 7 nitrogen and oxygen atoms in total. The lowest BCUT2D eigenvalue weighted by Gasteiger charge is -2.30. The molecule has 0 fully saturated rings. The predicted octanol–water partition coefficient (Wildman–Crippen LogP) is 2.54. The van der Waals surface area contributed by atoms with Gasteiger partial charge in [-0.25, -0.2) is 4.98 Å². The third kappa shape index (κ3) is 8.13. The van der Waals surface area contributed by atoms with Crippen molar-refractivity contribution in [3.05, 3.63) is 16.1 Å². The number of carbonyl (C=O) groups is 2. The van der Waals surface area contributed by atoms with Gasteiger partial charge in [0, 0.05) is 51.8 Å². The summed E-state index contributed by atoms with van der Waals surface area (Å²) in [6, 6.07) is 0. The normalized spacial score (nSPS) is 11.4. The summed E-state index contributed by atoms with van der Waals surface area (Å²) in [6.45, 7) is 6.25. The van der Waals surface area contributed by atoms with Gasteiger partial charge in [-0.15, -0.1) is 22.9 Å². The first-order valence-electron chi connectivity index (χ1n) is 8.91. The van der Waals surface area contributed by atoms with Crippen LogP contribution in [0.5, 0.6) is 0 Å². The Morgan fingerprint density at radius 1 is 1.26 bits per heavy atom. The number of carbonyl (C=O) groups excluding carboxylic acids is 2. The highest BCUT2D eigenvalue weighted by Crippen LogP contribution is 2.23. The average molecular weight is 420 g/mol. The van der Waals surface area contributed by atoms with Crippen molar-refractivity contribution in [2.24, 2.45) is 5.41 Å². The van der Waals surface area contributed by atoms with E-state index in [0.717, 1.165) is 12.8 Å². The van der Waals surface area contributed by atoms with Crippen LogP contribution < -0.4 is 5.32 Å². The van der Waals surface area contributed by atoms with Crippen LogP contribution in [-0.4, -0.2) is 68.1 Å². The molecule has 0 saturated carbocycles. The fourth-order valence-electron chi connectivity index (χ4n) is 2.30. The Morgan fingerprint density at radius 2 is 1.93 bits per heavy atom. The molecule has 0 aliphatic carbocycles. The molecule has 0 saturated heterocycles. The van der Waals surface area contributed by atoms with Crippen molar-refractivity contribution in [2.75, 3.05) is 46.4 Å². The Hall–Kier alpha value is -1.22. The van der Waals surface area contributed by atoms with Crippen molar-refractivity contribution >= 4 is 34.8 Å². The van der Waals surface area contributed by atoms with Crippen LogP contribution in [0.1, 0.15) is 42.2 Å². The monoisotopic (exact) mass is 419 g/mol. The van der Waals surface area contributed by atoms with Crippen molar-refractivity contribution in [1.82, 2.24) is 15.2 Å². The van der Waals surface area contributed by atoms with Crippen LogP contribution in [0.3, 0.4) is 0 Å². The maximum absolute atomic E-state index is 12.8. The first kappa shape index (κ1) is 23.8. The number of ether oxygens (including phenoxy) is 2. The summed E-state index contributed by atoms with van der Waals surface area (Å²) in [5, 5.41) is 5.24. The molecule has 0 aliphatic rings. The van der Waals surface area contributed by atoms with Gasteiger partial charge in [-0.1, -0.05) is 0 Å². The van der Waals surface area contributed by atoms with Crippen LogP contribution in [0.25, 0.3) is 0 Å². The summed E-state index contributed by atoms with van der Waals surface area (Å²) in [7, 11) is 3.26. The van der Waals surface area contributed by atoms with Crippen LogP contribution in [0.4, 0.5) is 0 Å². The second kappa shape index (κ2) is 12.3. The molecule has 1 aromatic rings. The van der Waals surface area contributed by atoms with E-state index >= 15 is 0 Å². The van der Waals surface area contributed by atoms with Gasteiger partial charge in [-0.05, 0) is 26.7 Å². The summed E-state index contributed by atoms with van der Waals surface area (Å²) >= 11 is 7.34. The maximum Gasteiger partial charge on any atom is 0.270 e. The molecule has 0 unspecified atom stereocenters. The number of rotatable bonds is 13. The molecule has 1 aromatic heterocycles. The second-order valence-corrected chi connectivity index (χ2v) is 8.03. The Balaban J connectivity index is 2.73. The summed E-state index contributed by atoms with van der Waals surface area (Å²) in [5.41, 5.74) is -0.290. The number of amides is 2. The lowest BCUT2D eigenvalue weighted by atomic mass is 9.94. The van der Waals surface area contributed by atoms with Crippen LogP contribution in [-0.2, 0) is 20.8 Å². The predicted molar refractivity (Wildman–Crippen MR) is 107 cm³/mol. The number of hydrogen-bond donors (Lipinski definition) is 1. The molecule has 1 rings (SSSR count). The summed E-state index contributed by atoms with van der Waals surface area (Å²) < 4.78 is 10.0. The van der Waals surface area contributed by atoms with E-state index in [-0.39, 0.29) is 17.7 Å². The molecule has 1 heterocycles. The van der Waals surface area contributed by atoms with Gasteiger partial charge in [-0.2, -0.15) is 0 Å². The van der Waals surface area contributed by atoms with Crippen molar-refractivity contribution in [1.29, 1.82) is 0 Å². The SMILES string of the molecule is COCCCNC(=O)c1csc(CN(CCCOC)C(=O)C(C)(C)CCl)n1. The quantitative estimate of drug-likeness (QED) is 0.392. The van der Waals surface area contributed by atoms with Gasteiger partial charge in [0.05, 0.1) is 12.0 Å². The third-order valence-corrected chi connectivity index (χ3v) is 5.40. The minimum absolute atomic E-state index is 0.0330. The topological polar surface area (TPSA) is 80.8 Å². The number of aromatic nitrogens is 1. The molecule has 0 spiro atoms. The van der Waals surface area contributed by atoms with Gasteiger partial charge in [0.1, 0.15) is 10.7 Å². The smallest absolute Gasteiger partial charge is 0.270 e. The summed E-state index contributed by atoms with van der Waals surface area (Å²) in [4.78, 5) is 31.1. The van der Waals surface area contributed by atoms with Gasteiger partial charge in [-0.3, -0.25) is 9.59 Å². The van der Waals surface area contributed by atoms with Crippen molar-refractivity contribution in [2.45, 2.75) is 33.2 Å². The first-order chi connectivity index (χ1) is 12.9. The average Bonchev–Trinajstić information content (AvgIpc) is 3.12. The zero-order valence-corrected chi connectivity index (χ0v) is 18.1. The number of nitrogens with zero attached hydrogens (tertiary/aromatic N) is 2. The molecule has 9 heteroatoms. The molecule has 0 aromatic carbocycles. The first-order valence-corrected chi connectivity index (χ1v) is 10.3. The minimum Gasteiger partial charge on any atom is -0.385 e. The standard InChI is InChI=1S/C18H30ClN3O4S/c1-18(2,13-19)17(24)22(8-6-10-26-4)11-15-21-14(12-27-15)16(23)20-7-5-9-25-3/h12H,5-11,13H2,1-4H3,(H,20,23). The van der Waals surface area contributed by atoms with E-state index < -0.39 is 5.41 Å². The summed E-state index contributed by atoms with van der Waals surface area (Å²) in [6.07, 6.45) is 1.47. The van der Waals surface area contributed by atoms with Gasteiger partial charge in [0.15, 0.2) is 0 Å². The fourth-order valence-corrected chi connectivity index (χ4v) is 3.20. The molecule has 27 heavy (non-hydrogen) atoms. The van der Waals surface area contributed by atoms with E-state index in [9.17, 15) is 9.59 Å². The Kier molecular flexibility index (Phi) is 10.8. The molecule has 1 N–H and O–H groups in total. The Labute approximate surface area is 170 Å². The number of thiazole rings is 1. The van der Waals surface area contributed by atoms with E-state index in [0.29, 0.717) is 43.5 Å². The van der Waals surface area contributed by atoms with Crippen molar-refractivity contribution in [3.8, 4) is 0 Å². The maximum atomic E-state index is 12.8. The van der Waals surface area contributed by atoms with Crippen molar-refractivity contribution in [3.63, 3.8) is 0 Å². The highest BCUT2D eigenvalue weighted by Gasteiger charge is 2.31. The molecule has 0 aliphatic heterocycles. The third-order valence-electron chi connectivity index (χ3n) is 3.90. The van der Waals surface area contributed by atoms with E-state index in [4.69, 9.17) is 21.1 Å². The van der Waals surface area contributed by atoms with Crippen LogP contribution in [0, 0.1) is 5.41 Å². The van der Waals surface area contributed by atoms with E-state index in [1.807, 2.05) is 13.8 Å². The molecule has 2 amide bonds. The number of halogens is 1. The van der Waals surface area contributed by atoms with Crippen molar-refractivity contribution < 1.29 is 19.1 Å². The Bertz CT molecular complexity index is 595. The highest BCUT2D eigenvalue weighted by molar-refractivity contribution is 7.09. The van der Waals surface area contributed by atoms with E-state index in [1.54, 1.807) is 24.5 Å². The van der Waals surface area contributed by atoms with E-state index in [1.165, 1.54) is 11.3 Å². The second-order valence-electron chi connectivity index (χ2n) is 6.82. The van der Waals surface area contributed by atoms with Gasteiger partial charge < -0.3 is 19.7 Å². The van der Waals surface area contributed by atoms with Gasteiger partial charge >= 0.3 is 0 Å². The lowest BCUT2D eigenvalue weighted by Crippen LogP contribution is -2.42. The molecular formula is C18H30ClN3O4S. The zero-order chi connectivity index (χ0) is 20.3. The number of alkyl halides is 1. The minimum atomic E-state index is -0.659. The lowest BCUT2D eigenvalue weighted by molar-refractivity contribution is -0.140. The molecule has 0 atom stereocenters. The molecule has 0 radical (unpaired) electrons. The largest absolute Gasteiger partial charge is 0.385 e. The van der Waals surface area contributed by atoms with Gasteiger partial charge in [0.25, 0.3) is 5.91 Å². The Morgan fingerprint density at radius 3 is 2.56 bits per heavy atom. The van der Waals surface area contributed by atoms with Gasteiger partial charge in [0.2, 0.25) is 5.91 Å². The molecule has 154 valence electrons. The van der Waals surface area contributed by atoms with Crippen LogP contribution >= 0.6 is 22.9 Å². The molecule has 0 bridgehead atoms. The summed E-state index contributed by atoms with van der Waals surface area (Å²) in [5.74, 6) is -0.0131. The fraction of sp³-hybridized carbons (Fsp3) is 0.722. The highest BCUT2D eigenvalue weighted by atomic mass is 35.5. The number of nitrogens with one attached hydrogen (secondary N) is 1. The number of methoxy groups -OCH3 is 2.